The first kappa shape index (κ1) is 18.1. The van der Waals surface area contributed by atoms with Crippen LogP contribution in [0.3, 0.4) is 0 Å². The fourth-order valence-electron chi connectivity index (χ4n) is 2.19. The third-order valence-corrected chi connectivity index (χ3v) is 4.31. The molecule has 1 aromatic heterocycles. The van der Waals surface area contributed by atoms with Gasteiger partial charge < -0.3 is 4.90 Å². The van der Waals surface area contributed by atoms with Crippen molar-refractivity contribution in [1.29, 1.82) is 0 Å². The third-order valence-electron chi connectivity index (χ3n) is 3.42. The molecule has 0 aliphatic rings. The van der Waals surface area contributed by atoms with Gasteiger partial charge in [0, 0.05) is 30.7 Å². The maximum atomic E-state index is 12.4. The Morgan fingerprint density at radius 3 is 2.33 bits per heavy atom. The van der Waals surface area contributed by atoms with E-state index in [0.717, 1.165) is 50.3 Å². The molecule has 0 N–H and O–H groups in total. The van der Waals surface area contributed by atoms with Gasteiger partial charge in [0.1, 0.15) is 0 Å². The van der Waals surface area contributed by atoms with Crippen LogP contribution in [0.25, 0.3) is 0 Å². The Morgan fingerprint density at radius 2 is 1.86 bits per heavy atom. The molecule has 0 aliphatic heterocycles. The monoisotopic (exact) mass is 311 g/mol. The van der Waals surface area contributed by atoms with Gasteiger partial charge in [-0.25, -0.2) is 4.98 Å². The van der Waals surface area contributed by atoms with Crippen LogP contribution >= 0.6 is 11.3 Å². The van der Waals surface area contributed by atoms with Gasteiger partial charge in [0.25, 0.3) is 0 Å². The molecular weight excluding hydrogens is 282 g/mol. The maximum absolute atomic E-state index is 12.4. The Kier molecular flexibility index (Phi) is 8.54. The first-order chi connectivity index (χ1) is 10.1. The molecule has 1 rings (SSSR count). The number of thiazole rings is 1. The number of carbonyl (C=O) groups is 1. The highest BCUT2D eigenvalue weighted by atomic mass is 32.1. The lowest BCUT2D eigenvalue weighted by Gasteiger charge is -2.25. The van der Waals surface area contributed by atoms with Crippen molar-refractivity contribution in [3.8, 4) is 0 Å². The number of likely N-dealkylation sites (N-methyl/N-ethyl adjacent to an activating group) is 1. The molecule has 1 heterocycles. The van der Waals surface area contributed by atoms with Crippen LogP contribution in [0.5, 0.6) is 0 Å². The van der Waals surface area contributed by atoms with Crippen molar-refractivity contribution in [3.05, 3.63) is 16.1 Å². The standard InChI is InChI=1S/C16H29N3OS/c1-5-7-9-19(10-8-6-2)16(20)13-18(4)12-15-11-17-14(3)21-15/h11H,5-10,12-13H2,1-4H3. The molecule has 0 saturated heterocycles. The number of carbonyl (C=O) groups excluding carboxylic acids is 1. The number of aryl methyl sites for hydroxylation is 1. The summed E-state index contributed by atoms with van der Waals surface area (Å²) in [5.41, 5.74) is 0. The fourth-order valence-corrected chi connectivity index (χ4v) is 3.07. The number of rotatable bonds is 10. The SMILES string of the molecule is CCCCN(CCCC)C(=O)CN(C)Cc1cnc(C)s1. The van der Waals surface area contributed by atoms with Crippen LogP contribution in [0.4, 0.5) is 0 Å². The highest BCUT2D eigenvalue weighted by Crippen LogP contribution is 2.13. The highest BCUT2D eigenvalue weighted by molar-refractivity contribution is 7.11. The number of unbranched alkanes of at least 4 members (excludes halogenated alkanes) is 2. The summed E-state index contributed by atoms with van der Waals surface area (Å²) in [6.45, 7) is 9.42. The molecule has 0 spiro atoms. The van der Waals surface area contributed by atoms with E-state index in [9.17, 15) is 4.79 Å². The van der Waals surface area contributed by atoms with Crippen molar-refractivity contribution < 1.29 is 4.79 Å². The second-order valence-electron chi connectivity index (χ2n) is 5.61. The lowest BCUT2D eigenvalue weighted by Crippen LogP contribution is -2.39. The van der Waals surface area contributed by atoms with Crippen LogP contribution in [0, 0.1) is 6.92 Å². The van der Waals surface area contributed by atoms with E-state index in [0.29, 0.717) is 6.54 Å². The minimum atomic E-state index is 0.251. The molecule has 5 heteroatoms. The zero-order chi connectivity index (χ0) is 15.7. The van der Waals surface area contributed by atoms with E-state index in [1.807, 2.05) is 25.1 Å². The van der Waals surface area contributed by atoms with Crippen LogP contribution in [-0.4, -0.2) is 47.4 Å². The van der Waals surface area contributed by atoms with Crippen molar-refractivity contribution in [1.82, 2.24) is 14.8 Å². The molecule has 0 saturated carbocycles. The molecule has 120 valence electrons. The predicted octanol–water partition coefficient (Wildman–Crippen LogP) is 3.31. The largest absolute Gasteiger partial charge is 0.342 e. The molecular formula is C16H29N3OS. The number of nitrogens with zero attached hydrogens (tertiary/aromatic N) is 3. The van der Waals surface area contributed by atoms with Crippen molar-refractivity contribution in [2.24, 2.45) is 0 Å². The van der Waals surface area contributed by atoms with Crippen LogP contribution in [-0.2, 0) is 11.3 Å². The van der Waals surface area contributed by atoms with Crippen LogP contribution in [0.1, 0.15) is 49.4 Å². The summed E-state index contributed by atoms with van der Waals surface area (Å²) in [6, 6.07) is 0. The second-order valence-corrected chi connectivity index (χ2v) is 6.93. The van der Waals surface area contributed by atoms with Gasteiger partial charge in [-0.1, -0.05) is 26.7 Å². The summed E-state index contributed by atoms with van der Waals surface area (Å²) in [7, 11) is 2.00. The number of hydrogen-bond acceptors (Lipinski definition) is 4. The van der Waals surface area contributed by atoms with Gasteiger partial charge in [0.05, 0.1) is 11.6 Å². The van der Waals surface area contributed by atoms with Crippen LogP contribution in [0.2, 0.25) is 0 Å². The normalized spacial score (nSPS) is 11.1. The quantitative estimate of drug-likeness (QED) is 0.665. The first-order valence-corrected chi connectivity index (χ1v) is 8.76. The first-order valence-electron chi connectivity index (χ1n) is 7.94. The Balaban J connectivity index is 2.46. The molecule has 0 aliphatic carbocycles. The summed E-state index contributed by atoms with van der Waals surface area (Å²) >= 11 is 1.70. The molecule has 0 radical (unpaired) electrons. The molecule has 4 nitrogen and oxygen atoms in total. The minimum absolute atomic E-state index is 0.251. The highest BCUT2D eigenvalue weighted by Gasteiger charge is 2.15. The van der Waals surface area contributed by atoms with Gasteiger partial charge in [-0.15, -0.1) is 11.3 Å². The van der Waals surface area contributed by atoms with Crippen molar-refractivity contribution >= 4 is 17.2 Å². The predicted molar refractivity (Wildman–Crippen MR) is 89.6 cm³/mol. The molecule has 0 aromatic carbocycles. The summed E-state index contributed by atoms with van der Waals surface area (Å²) < 4.78 is 0. The van der Waals surface area contributed by atoms with E-state index in [1.165, 1.54) is 4.88 Å². The van der Waals surface area contributed by atoms with Gasteiger partial charge in [-0.05, 0) is 26.8 Å². The lowest BCUT2D eigenvalue weighted by molar-refractivity contribution is -0.132. The second kappa shape index (κ2) is 9.90. The summed E-state index contributed by atoms with van der Waals surface area (Å²) in [4.78, 5) is 22.0. The molecule has 21 heavy (non-hydrogen) atoms. The molecule has 0 atom stereocenters. The number of aromatic nitrogens is 1. The van der Waals surface area contributed by atoms with Gasteiger partial charge >= 0.3 is 0 Å². The van der Waals surface area contributed by atoms with Gasteiger partial charge in [-0.2, -0.15) is 0 Å². The average molecular weight is 311 g/mol. The topological polar surface area (TPSA) is 36.4 Å². The summed E-state index contributed by atoms with van der Waals surface area (Å²) in [5.74, 6) is 0.251. The molecule has 1 amide bonds. The van der Waals surface area contributed by atoms with E-state index in [-0.39, 0.29) is 5.91 Å². The zero-order valence-corrected chi connectivity index (χ0v) is 14.7. The lowest BCUT2D eigenvalue weighted by atomic mass is 10.2. The smallest absolute Gasteiger partial charge is 0.236 e. The van der Waals surface area contributed by atoms with Gasteiger partial charge in [-0.3, -0.25) is 9.69 Å². The van der Waals surface area contributed by atoms with Crippen molar-refractivity contribution in [2.75, 3.05) is 26.7 Å². The molecule has 1 aromatic rings. The molecule has 0 fully saturated rings. The van der Waals surface area contributed by atoms with Crippen molar-refractivity contribution in [3.63, 3.8) is 0 Å². The van der Waals surface area contributed by atoms with E-state index in [1.54, 1.807) is 11.3 Å². The Bertz CT molecular complexity index is 411. The average Bonchev–Trinajstić information content (AvgIpc) is 2.83. The summed E-state index contributed by atoms with van der Waals surface area (Å²) in [6.07, 6.45) is 6.35. The van der Waals surface area contributed by atoms with Gasteiger partial charge in [0.2, 0.25) is 5.91 Å². The Hall–Kier alpha value is -0.940. The minimum Gasteiger partial charge on any atom is -0.342 e. The van der Waals surface area contributed by atoms with E-state index < -0.39 is 0 Å². The van der Waals surface area contributed by atoms with E-state index >= 15 is 0 Å². The van der Waals surface area contributed by atoms with E-state index in [4.69, 9.17) is 0 Å². The summed E-state index contributed by atoms with van der Waals surface area (Å²) in [5, 5.41) is 1.08. The van der Waals surface area contributed by atoms with Crippen molar-refractivity contribution in [2.45, 2.75) is 53.0 Å². The van der Waals surface area contributed by atoms with Crippen LogP contribution in [0.15, 0.2) is 6.20 Å². The molecule has 0 unspecified atom stereocenters. The molecule has 0 bridgehead atoms. The number of hydrogen-bond donors (Lipinski definition) is 0. The van der Waals surface area contributed by atoms with E-state index in [2.05, 4.69) is 23.7 Å². The third kappa shape index (κ3) is 7.05. The Labute approximate surface area is 133 Å². The van der Waals surface area contributed by atoms with Gasteiger partial charge in [0.15, 0.2) is 0 Å². The fraction of sp³-hybridized carbons (Fsp3) is 0.750. The number of amides is 1. The maximum Gasteiger partial charge on any atom is 0.236 e. The van der Waals surface area contributed by atoms with Crippen LogP contribution < -0.4 is 0 Å². The zero-order valence-electron chi connectivity index (χ0n) is 13.9. The Morgan fingerprint density at radius 1 is 1.24 bits per heavy atom.